The second-order valence-electron chi connectivity index (χ2n) is 5.44. The normalized spacial score (nSPS) is 17.7. The Kier molecular flexibility index (Phi) is 4.83. The van der Waals surface area contributed by atoms with Crippen LogP contribution in [0.2, 0.25) is 0 Å². The van der Waals surface area contributed by atoms with Crippen LogP contribution >= 0.6 is 0 Å². The van der Waals surface area contributed by atoms with Gasteiger partial charge in [-0.15, -0.1) is 0 Å². The summed E-state index contributed by atoms with van der Waals surface area (Å²) in [6.45, 7) is 7.00. The Bertz CT molecular complexity index is 542. The Hall–Kier alpha value is -2.04. The fourth-order valence-corrected chi connectivity index (χ4v) is 2.74. The maximum absolute atomic E-state index is 12.4. The highest BCUT2D eigenvalue weighted by Crippen LogP contribution is 2.25. The summed E-state index contributed by atoms with van der Waals surface area (Å²) in [6, 6.07) is 5.53. The lowest BCUT2D eigenvalue weighted by molar-refractivity contribution is -0.134. The number of rotatable bonds is 4. The standard InChI is InChI=1S/C16H23N3O2/c1-4-17-14-10-11(2)7-8-13(14)18-16(21)15-6-5-9-19(15)12(3)20/h7-8,10,15,17H,4-6,9H2,1-3H3,(H,18,21)/t15-/m1/s1. The third-order valence-corrected chi connectivity index (χ3v) is 3.76. The first-order chi connectivity index (χ1) is 10.0. The molecule has 21 heavy (non-hydrogen) atoms. The molecule has 2 N–H and O–H groups in total. The van der Waals surface area contributed by atoms with Crippen molar-refractivity contribution < 1.29 is 9.59 Å². The first kappa shape index (κ1) is 15.4. The van der Waals surface area contributed by atoms with Crippen molar-refractivity contribution in [1.82, 2.24) is 4.90 Å². The Balaban J connectivity index is 2.14. The van der Waals surface area contributed by atoms with Crippen LogP contribution in [0.25, 0.3) is 0 Å². The predicted molar refractivity (Wildman–Crippen MR) is 84.4 cm³/mol. The van der Waals surface area contributed by atoms with Crippen molar-refractivity contribution in [2.75, 3.05) is 23.7 Å². The van der Waals surface area contributed by atoms with Gasteiger partial charge in [0.25, 0.3) is 0 Å². The van der Waals surface area contributed by atoms with E-state index < -0.39 is 0 Å². The van der Waals surface area contributed by atoms with E-state index in [0.717, 1.165) is 36.3 Å². The van der Waals surface area contributed by atoms with Crippen LogP contribution in [0.1, 0.15) is 32.3 Å². The maximum Gasteiger partial charge on any atom is 0.247 e. The smallest absolute Gasteiger partial charge is 0.247 e. The van der Waals surface area contributed by atoms with Gasteiger partial charge in [-0.05, 0) is 44.4 Å². The third-order valence-electron chi connectivity index (χ3n) is 3.76. The second kappa shape index (κ2) is 6.61. The van der Waals surface area contributed by atoms with Gasteiger partial charge in [0.15, 0.2) is 0 Å². The zero-order valence-corrected chi connectivity index (χ0v) is 12.9. The van der Waals surface area contributed by atoms with Crippen LogP contribution in [0.5, 0.6) is 0 Å². The van der Waals surface area contributed by atoms with Crippen molar-refractivity contribution in [2.24, 2.45) is 0 Å². The number of hydrogen-bond acceptors (Lipinski definition) is 3. The molecule has 0 bridgehead atoms. The van der Waals surface area contributed by atoms with Crippen LogP contribution in [0.4, 0.5) is 11.4 Å². The van der Waals surface area contributed by atoms with Crippen LogP contribution in [-0.4, -0.2) is 35.8 Å². The van der Waals surface area contributed by atoms with Gasteiger partial charge in [-0.2, -0.15) is 0 Å². The molecule has 1 atom stereocenters. The van der Waals surface area contributed by atoms with Gasteiger partial charge in [0.2, 0.25) is 11.8 Å². The lowest BCUT2D eigenvalue weighted by Crippen LogP contribution is -2.42. The fraction of sp³-hybridized carbons (Fsp3) is 0.500. The largest absolute Gasteiger partial charge is 0.384 e. The van der Waals surface area contributed by atoms with E-state index in [0.29, 0.717) is 6.54 Å². The molecule has 0 radical (unpaired) electrons. The number of nitrogens with zero attached hydrogens (tertiary/aromatic N) is 1. The SMILES string of the molecule is CCNc1cc(C)ccc1NC(=O)[C@H]1CCCN1C(C)=O. The number of hydrogen-bond donors (Lipinski definition) is 2. The molecule has 0 unspecified atom stereocenters. The van der Waals surface area contributed by atoms with Crippen molar-refractivity contribution in [3.8, 4) is 0 Å². The molecule has 1 aliphatic heterocycles. The number of carbonyl (C=O) groups is 2. The lowest BCUT2D eigenvalue weighted by atomic mass is 10.1. The summed E-state index contributed by atoms with van der Waals surface area (Å²) >= 11 is 0. The van der Waals surface area contributed by atoms with Gasteiger partial charge in [-0.25, -0.2) is 0 Å². The summed E-state index contributed by atoms with van der Waals surface area (Å²) in [6.07, 6.45) is 1.61. The summed E-state index contributed by atoms with van der Waals surface area (Å²) in [7, 11) is 0. The second-order valence-corrected chi connectivity index (χ2v) is 5.44. The molecule has 1 aliphatic rings. The van der Waals surface area contributed by atoms with Gasteiger partial charge in [-0.1, -0.05) is 6.07 Å². The van der Waals surface area contributed by atoms with Gasteiger partial charge >= 0.3 is 0 Å². The summed E-state index contributed by atoms with van der Waals surface area (Å²) in [5.41, 5.74) is 2.82. The van der Waals surface area contributed by atoms with E-state index in [2.05, 4.69) is 10.6 Å². The number of amides is 2. The van der Waals surface area contributed by atoms with Crippen molar-refractivity contribution in [2.45, 2.75) is 39.7 Å². The minimum absolute atomic E-state index is 0.0385. The van der Waals surface area contributed by atoms with Crippen LogP contribution in [0.3, 0.4) is 0 Å². The molecule has 114 valence electrons. The molecule has 1 aromatic carbocycles. The van der Waals surface area contributed by atoms with Crippen molar-refractivity contribution in [3.05, 3.63) is 23.8 Å². The highest BCUT2D eigenvalue weighted by atomic mass is 16.2. The minimum atomic E-state index is -0.349. The number of likely N-dealkylation sites (tertiary alicyclic amines) is 1. The van der Waals surface area contributed by atoms with Gasteiger partial charge in [0.1, 0.15) is 6.04 Å². The zero-order chi connectivity index (χ0) is 15.4. The van der Waals surface area contributed by atoms with E-state index in [1.165, 1.54) is 6.92 Å². The van der Waals surface area contributed by atoms with Crippen molar-refractivity contribution in [3.63, 3.8) is 0 Å². The molecule has 0 aromatic heterocycles. The molecular weight excluding hydrogens is 266 g/mol. The van der Waals surface area contributed by atoms with Gasteiger partial charge in [0, 0.05) is 20.0 Å². The Morgan fingerprint density at radius 1 is 1.33 bits per heavy atom. The van der Waals surface area contributed by atoms with Crippen molar-refractivity contribution in [1.29, 1.82) is 0 Å². The quantitative estimate of drug-likeness (QED) is 0.894. The van der Waals surface area contributed by atoms with E-state index >= 15 is 0 Å². The molecule has 2 amide bonds. The summed E-state index contributed by atoms with van der Waals surface area (Å²) in [5.74, 6) is -0.144. The van der Waals surface area contributed by atoms with Gasteiger partial charge < -0.3 is 15.5 Å². The van der Waals surface area contributed by atoms with E-state index in [1.54, 1.807) is 4.90 Å². The fourth-order valence-electron chi connectivity index (χ4n) is 2.74. The average molecular weight is 289 g/mol. The summed E-state index contributed by atoms with van der Waals surface area (Å²) in [5, 5.41) is 6.21. The highest BCUT2D eigenvalue weighted by Gasteiger charge is 2.32. The predicted octanol–water partition coefficient (Wildman–Crippen LogP) is 2.38. The van der Waals surface area contributed by atoms with E-state index in [1.807, 2.05) is 32.0 Å². The molecule has 1 saturated heterocycles. The summed E-state index contributed by atoms with van der Waals surface area (Å²) < 4.78 is 0. The van der Waals surface area contributed by atoms with E-state index in [-0.39, 0.29) is 17.9 Å². The number of benzene rings is 1. The first-order valence-electron chi connectivity index (χ1n) is 7.45. The molecule has 5 nitrogen and oxygen atoms in total. The minimum Gasteiger partial charge on any atom is -0.384 e. The Morgan fingerprint density at radius 3 is 2.76 bits per heavy atom. The molecular formula is C16H23N3O2. The van der Waals surface area contributed by atoms with Gasteiger partial charge in [0.05, 0.1) is 11.4 Å². The molecule has 0 aliphatic carbocycles. The zero-order valence-electron chi connectivity index (χ0n) is 12.9. The van der Waals surface area contributed by atoms with Crippen molar-refractivity contribution >= 4 is 23.2 Å². The van der Waals surface area contributed by atoms with E-state index in [4.69, 9.17) is 0 Å². The Labute approximate surface area is 125 Å². The van der Waals surface area contributed by atoms with E-state index in [9.17, 15) is 9.59 Å². The number of carbonyl (C=O) groups excluding carboxylic acids is 2. The molecule has 1 fully saturated rings. The maximum atomic E-state index is 12.4. The summed E-state index contributed by atoms with van der Waals surface area (Å²) in [4.78, 5) is 25.6. The number of anilines is 2. The third kappa shape index (κ3) is 3.54. The molecule has 1 aromatic rings. The molecule has 0 saturated carbocycles. The molecule has 0 spiro atoms. The van der Waals surface area contributed by atoms with Crippen LogP contribution in [0.15, 0.2) is 18.2 Å². The topological polar surface area (TPSA) is 61.4 Å². The van der Waals surface area contributed by atoms with Crippen LogP contribution in [-0.2, 0) is 9.59 Å². The van der Waals surface area contributed by atoms with Crippen LogP contribution in [0, 0.1) is 6.92 Å². The monoisotopic (exact) mass is 289 g/mol. The van der Waals surface area contributed by atoms with Crippen LogP contribution < -0.4 is 10.6 Å². The number of nitrogens with one attached hydrogen (secondary N) is 2. The van der Waals surface area contributed by atoms with Gasteiger partial charge in [-0.3, -0.25) is 9.59 Å². The molecule has 5 heteroatoms. The molecule has 1 heterocycles. The lowest BCUT2D eigenvalue weighted by Gasteiger charge is -2.23. The Morgan fingerprint density at radius 2 is 2.10 bits per heavy atom. The first-order valence-corrected chi connectivity index (χ1v) is 7.45. The number of aryl methyl sites for hydroxylation is 1. The highest BCUT2D eigenvalue weighted by molar-refractivity contribution is 5.99. The molecule has 2 rings (SSSR count). The average Bonchev–Trinajstić information content (AvgIpc) is 2.91.